The summed E-state index contributed by atoms with van der Waals surface area (Å²) in [5, 5.41) is 0. The fraction of sp³-hybridized carbons (Fsp3) is 0.185. The van der Waals surface area contributed by atoms with E-state index in [9.17, 15) is 24.0 Å². The van der Waals surface area contributed by atoms with Crippen LogP contribution >= 0.6 is 11.3 Å². The fourth-order valence-electron chi connectivity index (χ4n) is 4.69. The SMILES string of the molecule is COC(=O)C1=C(C)N=c2sc(=C3C(=O)N(C(C)=O)c4ccccc43)c(=O)n2C1c1ccc(OC(C)=O)cc1. The van der Waals surface area contributed by atoms with E-state index in [1.165, 1.54) is 25.5 Å². The number of para-hydroxylation sites is 1. The number of fused-ring (bicyclic) bond motifs is 2. The number of ether oxygens (including phenoxy) is 2. The number of anilines is 1. The largest absolute Gasteiger partial charge is 0.466 e. The van der Waals surface area contributed by atoms with E-state index in [1.807, 2.05) is 0 Å². The van der Waals surface area contributed by atoms with Crippen LogP contribution in [0.5, 0.6) is 5.75 Å². The second-order valence-corrected chi connectivity index (χ2v) is 9.59. The van der Waals surface area contributed by atoms with Crippen LogP contribution in [0.1, 0.15) is 37.9 Å². The van der Waals surface area contributed by atoms with E-state index in [2.05, 4.69) is 4.99 Å². The Hall–Kier alpha value is -4.64. The van der Waals surface area contributed by atoms with Crippen LogP contribution in [-0.4, -0.2) is 35.4 Å². The third-order valence-electron chi connectivity index (χ3n) is 6.23. The van der Waals surface area contributed by atoms with Crippen LogP contribution < -0.4 is 24.5 Å². The van der Waals surface area contributed by atoms with Gasteiger partial charge in [-0.1, -0.05) is 41.7 Å². The molecule has 0 N–H and O–H groups in total. The molecule has 0 saturated heterocycles. The number of carbonyl (C=O) groups excluding carboxylic acids is 4. The minimum absolute atomic E-state index is 0.101. The molecule has 0 aliphatic carbocycles. The number of carbonyl (C=O) groups is 4. The smallest absolute Gasteiger partial charge is 0.338 e. The molecule has 0 radical (unpaired) electrons. The van der Waals surface area contributed by atoms with Gasteiger partial charge in [0, 0.05) is 19.4 Å². The Bertz CT molecular complexity index is 1760. The van der Waals surface area contributed by atoms with Crippen molar-refractivity contribution in [1.29, 1.82) is 0 Å². The van der Waals surface area contributed by atoms with E-state index >= 15 is 0 Å². The molecule has 2 amide bonds. The minimum atomic E-state index is -0.921. The molecule has 0 fully saturated rings. The summed E-state index contributed by atoms with van der Waals surface area (Å²) >= 11 is 1.01. The third kappa shape index (κ3) is 3.88. The van der Waals surface area contributed by atoms with Crippen molar-refractivity contribution < 1.29 is 28.7 Å². The molecule has 2 aromatic carbocycles. The van der Waals surface area contributed by atoms with Crippen LogP contribution in [0.4, 0.5) is 5.69 Å². The Kier molecular flexibility index (Phi) is 6.15. The number of rotatable bonds is 3. The molecule has 0 saturated carbocycles. The molecule has 192 valence electrons. The number of esters is 2. The molecule has 0 spiro atoms. The van der Waals surface area contributed by atoms with Gasteiger partial charge in [-0.2, -0.15) is 0 Å². The van der Waals surface area contributed by atoms with Crippen molar-refractivity contribution in [3.8, 4) is 5.75 Å². The molecule has 2 aliphatic rings. The average molecular weight is 532 g/mol. The number of benzene rings is 2. The Balaban J connectivity index is 1.79. The highest BCUT2D eigenvalue weighted by Crippen LogP contribution is 2.36. The normalized spacial score (nSPS) is 17.5. The van der Waals surface area contributed by atoms with Crippen molar-refractivity contribution in [3.63, 3.8) is 0 Å². The first kappa shape index (κ1) is 25.0. The first-order valence-electron chi connectivity index (χ1n) is 11.5. The van der Waals surface area contributed by atoms with E-state index in [0.29, 0.717) is 28.3 Å². The zero-order chi connectivity index (χ0) is 27.3. The second kappa shape index (κ2) is 9.34. The quantitative estimate of drug-likeness (QED) is 0.371. The van der Waals surface area contributed by atoms with E-state index in [0.717, 1.165) is 16.2 Å². The van der Waals surface area contributed by atoms with E-state index < -0.39 is 35.4 Å². The molecule has 3 heterocycles. The van der Waals surface area contributed by atoms with Gasteiger partial charge in [-0.15, -0.1) is 0 Å². The number of aromatic nitrogens is 1. The highest BCUT2D eigenvalue weighted by Gasteiger charge is 2.38. The van der Waals surface area contributed by atoms with Gasteiger partial charge >= 0.3 is 11.9 Å². The maximum Gasteiger partial charge on any atom is 0.338 e. The zero-order valence-corrected chi connectivity index (χ0v) is 21.6. The van der Waals surface area contributed by atoms with Crippen LogP contribution in [0.25, 0.3) is 5.57 Å². The van der Waals surface area contributed by atoms with E-state index in [4.69, 9.17) is 9.47 Å². The first-order chi connectivity index (χ1) is 18.1. The lowest BCUT2D eigenvalue weighted by Crippen LogP contribution is -2.41. The maximum atomic E-state index is 14.0. The predicted molar refractivity (Wildman–Crippen MR) is 137 cm³/mol. The zero-order valence-electron chi connectivity index (χ0n) is 20.8. The minimum Gasteiger partial charge on any atom is -0.466 e. The van der Waals surface area contributed by atoms with Crippen LogP contribution in [0.3, 0.4) is 0 Å². The topological polar surface area (TPSA) is 124 Å². The number of allylic oxidation sites excluding steroid dienone is 1. The molecule has 38 heavy (non-hydrogen) atoms. The number of methoxy groups -OCH3 is 1. The van der Waals surface area contributed by atoms with Gasteiger partial charge in [-0.05, 0) is 30.7 Å². The Morgan fingerprint density at radius 1 is 1.00 bits per heavy atom. The molecular weight excluding hydrogens is 510 g/mol. The summed E-state index contributed by atoms with van der Waals surface area (Å²) in [5.74, 6) is -1.92. The van der Waals surface area contributed by atoms with Crippen molar-refractivity contribution in [2.75, 3.05) is 12.0 Å². The van der Waals surface area contributed by atoms with Gasteiger partial charge in [-0.3, -0.25) is 23.7 Å². The van der Waals surface area contributed by atoms with Gasteiger partial charge in [0.2, 0.25) is 5.91 Å². The summed E-state index contributed by atoms with van der Waals surface area (Å²) in [6.45, 7) is 4.20. The molecule has 1 atom stereocenters. The van der Waals surface area contributed by atoms with Crippen LogP contribution in [0, 0.1) is 0 Å². The standard InChI is InChI=1S/C27H21N3O7S/c1-13-20(26(35)36-4)22(16-9-11-17(12-10-16)37-15(3)32)30-25(34)23(38-27(30)28-13)21-18-7-5-6-8-19(18)29(14(2)31)24(21)33/h5-12,22H,1-4H3. The summed E-state index contributed by atoms with van der Waals surface area (Å²) < 4.78 is 11.6. The van der Waals surface area contributed by atoms with Crippen molar-refractivity contribution >= 4 is 46.4 Å². The lowest BCUT2D eigenvalue weighted by atomic mass is 9.96. The molecule has 3 aromatic rings. The van der Waals surface area contributed by atoms with Gasteiger partial charge in [0.15, 0.2) is 4.80 Å². The number of thiazole rings is 1. The van der Waals surface area contributed by atoms with Gasteiger partial charge in [0.1, 0.15) is 10.3 Å². The Labute approximate surface area is 219 Å². The number of hydrogen-bond donors (Lipinski definition) is 0. The van der Waals surface area contributed by atoms with Crippen LogP contribution in [0.2, 0.25) is 0 Å². The summed E-state index contributed by atoms with van der Waals surface area (Å²) in [4.78, 5) is 69.7. The average Bonchev–Trinajstić information content (AvgIpc) is 3.35. The maximum absolute atomic E-state index is 14.0. The summed E-state index contributed by atoms with van der Waals surface area (Å²) in [6.07, 6.45) is 0. The van der Waals surface area contributed by atoms with Gasteiger partial charge in [0.05, 0.1) is 35.7 Å². The molecule has 5 rings (SSSR count). The summed E-state index contributed by atoms with van der Waals surface area (Å²) in [7, 11) is 1.24. The molecule has 1 unspecified atom stereocenters. The fourth-order valence-corrected chi connectivity index (χ4v) is 5.83. The Morgan fingerprint density at radius 3 is 2.32 bits per heavy atom. The van der Waals surface area contributed by atoms with Crippen molar-refractivity contribution in [2.45, 2.75) is 26.8 Å². The molecule has 11 heteroatoms. The summed E-state index contributed by atoms with van der Waals surface area (Å²) in [5.41, 5.74) is 1.47. The number of hydrogen-bond acceptors (Lipinski definition) is 9. The predicted octanol–water partition coefficient (Wildman–Crippen LogP) is 1.60. The highest BCUT2D eigenvalue weighted by atomic mass is 32.1. The molecular formula is C27H21N3O7S. The van der Waals surface area contributed by atoms with E-state index in [-0.39, 0.29) is 20.5 Å². The third-order valence-corrected chi connectivity index (χ3v) is 7.29. The number of nitrogens with zero attached hydrogens (tertiary/aromatic N) is 3. The van der Waals surface area contributed by atoms with Gasteiger partial charge in [-0.25, -0.2) is 14.7 Å². The van der Waals surface area contributed by atoms with Crippen LogP contribution in [-0.2, 0) is 23.9 Å². The molecule has 0 bridgehead atoms. The van der Waals surface area contributed by atoms with E-state index in [1.54, 1.807) is 55.5 Å². The van der Waals surface area contributed by atoms with Crippen molar-refractivity contribution in [3.05, 3.63) is 90.6 Å². The van der Waals surface area contributed by atoms with Gasteiger partial charge in [0.25, 0.3) is 11.5 Å². The monoisotopic (exact) mass is 531 g/mol. The van der Waals surface area contributed by atoms with Crippen LogP contribution in [0.15, 0.2) is 69.6 Å². The number of amides is 2. The number of imide groups is 1. The second-order valence-electron chi connectivity index (χ2n) is 8.61. The lowest BCUT2D eigenvalue weighted by molar-refractivity contribution is -0.136. The molecule has 1 aromatic heterocycles. The van der Waals surface area contributed by atoms with Crippen molar-refractivity contribution in [1.82, 2.24) is 4.57 Å². The van der Waals surface area contributed by atoms with Gasteiger partial charge < -0.3 is 9.47 Å². The highest BCUT2D eigenvalue weighted by molar-refractivity contribution is 7.07. The van der Waals surface area contributed by atoms with Crippen molar-refractivity contribution in [2.24, 2.45) is 4.99 Å². The molecule has 2 aliphatic heterocycles. The lowest BCUT2D eigenvalue weighted by Gasteiger charge is -2.24. The first-order valence-corrected chi connectivity index (χ1v) is 12.3. The summed E-state index contributed by atoms with van der Waals surface area (Å²) in [6, 6.07) is 12.2. The molecule has 10 nitrogen and oxygen atoms in total. The Morgan fingerprint density at radius 2 is 1.68 bits per heavy atom.